The summed E-state index contributed by atoms with van der Waals surface area (Å²) in [7, 11) is 0. The number of phenols is 1. The second-order valence-corrected chi connectivity index (χ2v) is 7.62. The maximum absolute atomic E-state index is 10.7. The summed E-state index contributed by atoms with van der Waals surface area (Å²) in [5.74, 6) is 1.04. The van der Waals surface area contributed by atoms with Crippen molar-refractivity contribution in [3.63, 3.8) is 0 Å². The van der Waals surface area contributed by atoms with Crippen LogP contribution in [-0.4, -0.2) is 10.1 Å². The van der Waals surface area contributed by atoms with Gasteiger partial charge in [-0.25, -0.2) is 4.98 Å². The molecule has 4 aromatic rings. The molecule has 0 aliphatic carbocycles. The van der Waals surface area contributed by atoms with Crippen LogP contribution in [0.15, 0.2) is 84.9 Å². The average Bonchev–Trinajstić information content (AvgIpc) is 2.81. The Hall–Kier alpha value is -3.33. The quantitative estimate of drug-likeness (QED) is 0.381. The molecule has 30 heavy (non-hydrogen) atoms. The highest BCUT2D eigenvalue weighted by atomic mass is 16.5. The lowest BCUT2D eigenvalue weighted by Gasteiger charge is -2.34. The minimum atomic E-state index is -0.258. The van der Waals surface area contributed by atoms with Crippen molar-refractivity contribution in [3.8, 4) is 11.5 Å². The Balaban J connectivity index is 1.63. The summed E-state index contributed by atoms with van der Waals surface area (Å²) in [6.45, 7) is 4.72. The zero-order valence-corrected chi connectivity index (χ0v) is 17.5. The lowest BCUT2D eigenvalue weighted by molar-refractivity contribution is 0.299. The third-order valence-corrected chi connectivity index (χ3v) is 6.06. The predicted octanol–water partition coefficient (Wildman–Crippen LogP) is 6.63. The summed E-state index contributed by atoms with van der Waals surface area (Å²) in [5.41, 5.74) is 3.70. The number of benzene rings is 3. The SMILES string of the molecule is CCC(CC)(c1ccccc1)c1cc(OCc2ccc3ccccc3n2)ccc1O. The molecule has 0 unspecified atom stereocenters. The highest BCUT2D eigenvalue weighted by Gasteiger charge is 2.33. The normalized spacial score (nSPS) is 11.5. The number of ether oxygens (including phenoxy) is 1. The molecule has 1 N–H and O–H groups in total. The molecule has 1 heterocycles. The minimum absolute atomic E-state index is 0.258. The first kappa shape index (κ1) is 20.0. The van der Waals surface area contributed by atoms with Gasteiger partial charge in [0.05, 0.1) is 11.2 Å². The molecule has 4 rings (SSSR count). The zero-order valence-electron chi connectivity index (χ0n) is 17.5. The number of nitrogens with zero attached hydrogens (tertiary/aromatic N) is 1. The van der Waals surface area contributed by atoms with Crippen LogP contribution in [0.5, 0.6) is 11.5 Å². The number of para-hydroxylation sites is 1. The van der Waals surface area contributed by atoms with Gasteiger partial charge in [-0.3, -0.25) is 0 Å². The van der Waals surface area contributed by atoms with Gasteiger partial charge in [0.15, 0.2) is 0 Å². The molecule has 0 fully saturated rings. The van der Waals surface area contributed by atoms with E-state index in [1.807, 2.05) is 42.5 Å². The Morgan fingerprint density at radius 3 is 2.33 bits per heavy atom. The van der Waals surface area contributed by atoms with E-state index in [-0.39, 0.29) is 5.41 Å². The van der Waals surface area contributed by atoms with Crippen LogP contribution in [0.4, 0.5) is 0 Å². The third kappa shape index (κ3) is 3.76. The van der Waals surface area contributed by atoms with Crippen LogP contribution in [-0.2, 0) is 12.0 Å². The van der Waals surface area contributed by atoms with E-state index in [1.165, 1.54) is 5.56 Å². The van der Waals surface area contributed by atoms with Crippen LogP contribution in [0.25, 0.3) is 10.9 Å². The largest absolute Gasteiger partial charge is 0.508 e. The first-order valence-electron chi connectivity index (χ1n) is 10.5. The van der Waals surface area contributed by atoms with E-state index in [2.05, 4.69) is 55.2 Å². The van der Waals surface area contributed by atoms with Gasteiger partial charge in [0, 0.05) is 16.4 Å². The van der Waals surface area contributed by atoms with Crippen LogP contribution in [0.2, 0.25) is 0 Å². The molecule has 0 saturated carbocycles. The van der Waals surface area contributed by atoms with E-state index >= 15 is 0 Å². The van der Waals surface area contributed by atoms with Gasteiger partial charge in [0.1, 0.15) is 18.1 Å². The number of aromatic hydroxyl groups is 1. The maximum Gasteiger partial charge on any atom is 0.130 e. The monoisotopic (exact) mass is 397 g/mol. The summed E-state index contributed by atoms with van der Waals surface area (Å²) < 4.78 is 6.08. The first-order chi connectivity index (χ1) is 14.7. The van der Waals surface area contributed by atoms with Crippen molar-refractivity contribution in [1.29, 1.82) is 0 Å². The van der Waals surface area contributed by atoms with Crippen molar-refractivity contribution in [2.24, 2.45) is 0 Å². The molecule has 0 spiro atoms. The summed E-state index contributed by atoms with van der Waals surface area (Å²) in [6, 6.07) is 28.1. The van der Waals surface area contributed by atoms with Gasteiger partial charge in [0.2, 0.25) is 0 Å². The van der Waals surface area contributed by atoms with Crippen LogP contribution in [0.3, 0.4) is 0 Å². The summed E-state index contributed by atoms with van der Waals surface area (Å²) in [5, 5.41) is 11.8. The highest BCUT2D eigenvalue weighted by molar-refractivity contribution is 5.78. The fourth-order valence-corrected chi connectivity index (χ4v) is 4.29. The van der Waals surface area contributed by atoms with Gasteiger partial charge in [-0.15, -0.1) is 0 Å². The lowest BCUT2D eigenvalue weighted by Crippen LogP contribution is -2.26. The number of hydrogen-bond donors (Lipinski definition) is 1. The number of rotatable bonds is 7. The van der Waals surface area contributed by atoms with Crippen molar-refractivity contribution in [3.05, 3.63) is 102 Å². The molecule has 0 saturated heterocycles. The van der Waals surface area contributed by atoms with Crippen LogP contribution in [0.1, 0.15) is 43.5 Å². The van der Waals surface area contributed by atoms with E-state index in [9.17, 15) is 5.11 Å². The Labute approximate surface area is 178 Å². The van der Waals surface area contributed by atoms with E-state index in [0.717, 1.165) is 40.8 Å². The van der Waals surface area contributed by atoms with E-state index < -0.39 is 0 Å². The van der Waals surface area contributed by atoms with Crippen molar-refractivity contribution in [1.82, 2.24) is 4.98 Å². The van der Waals surface area contributed by atoms with Crippen LogP contribution >= 0.6 is 0 Å². The second kappa shape index (κ2) is 8.58. The van der Waals surface area contributed by atoms with Gasteiger partial charge in [-0.1, -0.05) is 68.4 Å². The number of aromatic nitrogens is 1. The van der Waals surface area contributed by atoms with Crippen LogP contribution < -0.4 is 4.74 Å². The van der Waals surface area contributed by atoms with E-state index in [1.54, 1.807) is 6.07 Å². The summed E-state index contributed by atoms with van der Waals surface area (Å²) in [6.07, 6.45) is 1.77. The van der Waals surface area contributed by atoms with Crippen molar-refractivity contribution in [2.75, 3.05) is 0 Å². The van der Waals surface area contributed by atoms with Gasteiger partial charge >= 0.3 is 0 Å². The molecular formula is C27H27NO2. The van der Waals surface area contributed by atoms with Crippen molar-refractivity contribution < 1.29 is 9.84 Å². The number of fused-ring (bicyclic) bond motifs is 1. The van der Waals surface area contributed by atoms with Crippen LogP contribution in [0, 0.1) is 0 Å². The smallest absolute Gasteiger partial charge is 0.130 e. The molecule has 0 radical (unpaired) electrons. The number of hydrogen-bond acceptors (Lipinski definition) is 3. The van der Waals surface area contributed by atoms with E-state index in [4.69, 9.17) is 4.74 Å². The van der Waals surface area contributed by atoms with Gasteiger partial charge in [-0.05, 0) is 48.7 Å². The van der Waals surface area contributed by atoms with Crippen molar-refractivity contribution >= 4 is 10.9 Å². The average molecular weight is 398 g/mol. The lowest BCUT2D eigenvalue weighted by atomic mass is 9.70. The molecule has 0 amide bonds. The van der Waals surface area contributed by atoms with Crippen molar-refractivity contribution in [2.45, 2.75) is 38.7 Å². The molecule has 0 atom stereocenters. The van der Waals surface area contributed by atoms with E-state index in [0.29, 0.717) is 12.4 Å². The molecule has 3 nitrogen and oxygen atoms in total. The van der Waals surface area contributed by atoms with Gasteiger partial charge in [-0.2, -0.15) is 0 Å². The summed E-state index contributed by atoms with van der Waals surface area (Å²) >= 11 is 0. The number of pyridine rings is 1. The predicted molar refractivity (Wildman–Crippen MR) is 122 cm³/mol. The molecule has 0 bridgehead atoms. The zero-order chi connectivity index (χ0) is 21.0. The number of phenolic OH excluding ortho intramolecular Hbond substituents is 1. The Bertz CT molecular complexity index is 1130. The highest BCUT2D eigenvalue weighted by Crippen LogP contribution is 2.44. The molecule has 3 heteroatoms. The van der Waals surface area contributed by atoms with Gasteiger partial charge < -0.3 is 9.84 Å². The standard InChI is InChI=1S/C27H27NO2/c1-3-27(4-2,21-11-6-5-7-12-21)24-18-23(16-17-26(24)29)30-19-22-15-14-20-10-8-9-13-25(20)28-22/h5-18,29H,3-4,19H2,1-2H3. The second-order valence-electron chi connectivity index (χ2n) is 7.62. The topological polar surface area (TPSA) is 42.4 Å². The fourth-order valence-electron chi connectivity index (χ4n) is 4.29. The third-order valence-electron chi connectivity index (χ3n) is 6.06. The Morgan fingerprint density at radius 2 is 1.57 bits per heavy atom. The Kier molecular flexibility index (Phi) is 5.71. The summed E-state index contributed by atoms with van der Waals surface area (Å²) in [4.78, 5) is 4.68. The molecule has 152 valence electrons. The molecule has 1 aromatic heterocycles. The fraction of sp³-hybridized carbons (Fsp3) is 0.222. The molecule has 0 aliphatic heterocycles. The minimum Gasteiger partial charge on any atom is -0.508 e. The van der Waals surface area contributed by atoms with Gasteiger partial charge in [0.25, 0.3) is 0 Å². The molecule has 3 aromatic carbocycles. The Morgan fingerprint density at radius 1 is 0.833 bits per heavy atom. The first-order valence-corrected chi connectivity index (χ1v) is 10.5. The maximum atomic E-state index is 10.7. The molecular weight excluding hydrogens is 370 g/mol. The molecule has 0 aliphatic rings.